The van der Waals surface area contributed by atoms with E-state index in [0.29, 0.717) is 5.41 Å². The summed E-state index contributed by atoms with van der Waals surface area (Å²) in [5, 5.41) is 0. The standard InChI is InChI=1S/C8H18.C2H6.CH4/c1-5-8(4,6-2)7-3;1-2;/h5-7H2,1-4H3;1-2H3;1H4. The second kappa shape index (κ2) is 10.0. The topological polar surface area (TPSA) is 0 Å². The minimum Gasteiger partial charge on any atom is -0.0776 e. The molecule has 0 heterocycles. The van der Waals surface area contributed by atoms with Crippen LogP contribution in [0.25, 0.3) is 0 Å². The van der Waals surface area contributed by atoms with Gasteiger partial charge in [-0.25, -0.2) is 0 Å². The van der Waals surface area contributed by atoms with Gasteiger partial charge in [0.15, 0.2) is 0 Å². The highest BCUT2D eigenvalue weighted by molar-refractivity contribution is 4.67. The van der Waals surface area contributed by atoms with Crippen LogP contribution in [0.4, 0.5) is 0 Å². The van der Waals surface area contributed by atoms with Crippen LogP contribution in [0.2, 0.25) is 0 Å². The molecule has 0 nitrogen and oxygen atoms in total. The van der Waals surface area contributed by atoms with Crippen LogP contribution in [-0.4, -0.2) is 0 Å². The fourth-order valence-electron chi connectivity index (χ4n) is 0.750. The Morgan fingerprint density at radius 1 is 0.818 bits per heavy atom. The summed E-state index contributed by atoms with van der Waals surface area (Å²) in [6.07, 6.45) is 3.96. The summed E-state index contributed by atoms with van der Waals surface area (Å²) in [5.41, 5.74) is 0.625. The SMILES string of the molecule is C.CC.CCC(C)(CC)CC. The zero-order valence-corrected chi connectivity index (χ0v) is 8.62. The summed E-state index contributed by atoms with van der Waals surface area (Å²) in [6, 6.07) is 0. The van der Waals surface area contributed by atoms with Crippen molar-refractivity contribution in [2.24, 2.45) is 5.41 Å². The van der Waals surface area contributed by atoms with Crippen molar-refractivity contribution in [3.05, 3.63) is 0 Å². The van der Waals surface area contributed by atoms with Crippen LogP contribution in [0, 0.1) is 5.41 Å². The van der Waals surface area contributed by atoms with Crippen molar-refractivity contribution in [1.29, 1.82) is 0 Å². The zero-order chi connectivity index (χ0) is 8.62. The summed E-state index contributed by atoms with van der Waals surface area (Å²) in [5.74, 6) is 0. The lowest BCUT2D eigenvalue weighted by atomic mass is 9.82. The van der Waals surface area contributed by atoms with Gasteiger partial charge in [-0.3, -0.25) is 0 Å². The first-order chi connectivity index (χ1) is 4.68. The van der Waals surface area contributed by atoms with Gasteiger partial charge >= 0.3 is 0 Å². The van der Waals surface area contributed by atoms with Crippen molar-refractivity contribution in [3.63, 3.8) is 0 Å². The smallest absolute Gasteiger partial charge is 0.0334 e. The first kappa shape index (κ1) is 17.2. The molecule has 0 heteroatoms. The summed E-state index contributed by atoms with van der Waals surface area (Å²) in [7, 11) is 0. The van der Waals surface area contributed by atoms with Gasteiger partial charge in [-0.05, 0) is 5.41 Å². The van der Waals surface area contributed by atoms with E-state index >= 15 is 0 Å². The molecule has 0 aliphatic carbocycles. The monoisotopic (exact) mass is 160 g/mol. The van der Waals surface area contributed by atoms with E-state index in [1.807, 2.05) is 13.8 Å². The van der Waals surface area contributed by atoms with E-state index in [2.05, 4.69) is 27.7 Å². The third kappa shape index (κ3) is 7.90. The molecule has 0 unspecified atom stereocenters. The first-order valence-corrected chi connectivity index (χ1v) is 4.68. The molecule has 0 spiro atoms. The molecule has 0 aromatic rings. The quantitative estimate of drug-likeness (QED) is 0.551. The molecule has 11 heavy (non-hydrogen) atoms. The molecule has 0 rings (SSSR count). The normalized spacial score (nSPS) is 9.27. The van der Waals surface area contributed by atoms with Gasteiger partial charge in [0, 0.05) is 0 Å². The van der Waals surface area contributed by atoms with Crippen LogP contribution in [0.1, 0.15) is 68.2 Å². The first-order valence-electron chi connectivity index (χ1n) is 4.68. The van der Waals surface area contributed by atoms with Gasteiger partial charge in [-0.15, -0.1) is 0 Å². The van der Waals surface area contributed by atoms with Crippen molar-refractivity contribution >= 4 is 0 Å². The molecule has 0 atom stereocenters. The largest absolute Gasteiger partial charge is 0.0776 e. The molecule has 0 aliphatic heterocycles. The van der Waals surface area contributed by atoms with E-state index < -0.39 is 0 Å². The lowest BCUT2D eigenvalue weighted by Crippen LogP contribution is -2.10. The Bertz CT molecular complexity index is 42.8. The highest BCUT2D eigenvalue weighted by Crippen LogP contribution is 2.28. The second-order valence-electron chi connectivity index (χ2n) is 2.87. The van der Waals surface area contributed by atoms with Crippen molar-refractivity contribution in [3.8, 4) is 0 Å². The molecule has 0 aliphatic rings. The predicted molar refractivity (Wildman–Crippen MR) is 57.1 cm³/mol. The molecule has 0 saturated heterocycles. The minimum absolute atomic E-state index is 0. The second-order valence-corrected chi connectivity index (χ2v) is 2.87. The van der Waals surface area contributed by atoms with E-state index in [1.54, 1.807) is 0 Å². The van der Waals surface area contributed by atoms with E-state index in [0.717, 1.165) is 0 Å². The van der Waals surface area contributed by atoms with Crippen LogP contribution in [0.5, 0.6) is 0 Å². The summed E-state index contributed by atoms with van der Waals surface area (Å²) < 4.78 is 0. The number of rotatable bonds is 3. The molecule has 0 amide bonds. The Labute approximate surface area is 74.4 Å². The summed E-state index contributed by atoms with van der Waals surface area (Å²) >= 11 is 0. The van der Waals surface area contributed by atoms with Crippen molar-refractivity contribution in [2.75, 3.05) is 0 Å². The molecule has 0 saturated carbocycles. The van der Waals surface area contributed by atoms with Gasteiger partial charge in [-0.1, -0.05) is 68.2 Å². The maximum atomic E-state index is 2.35. The highest BCUT2D eigenvalue weighted by atomic mass is 14.2. The maximum absolute atomic E-state index is 2.35. The minimum atomic E-state index is 0. The predicted octanol–water partition coefficient (Wildman–Crippen LogP) is 4.89. The molecule has 0 bridgehead atoms. The third-order valence-electron chi connectivity index (χ3n) is 2.56. The number of hydrogen-bond donors (Lipinski definition) is 0. The van der Waals surface area contributed by atoms with Gasteiger partial charge < -0.3 is 0 Å². The van der Waals surface area contributed by atoms with Gasteiger partial charge in [0.25, 0.3) is 0 Å². The van der Waals surface area contributed by atoms with Crippen LogP contribution in [-0.2, 0) is 0 Å². The van der Waals surface area contributed by atoms with Crippen molar-refractivity contribution in [1.82, 2.24) is 0 Å². The van der Waals surface area contributed by atoms with Crippen molar-refractivity contribution in [2.45, 2.75) is 68.2 Å². The molecular weight excluding hydrogens is 132 g/mol. The Morgan fingerprint density at radius 3 is 1.00 bits per heavy atom. The molecule has 0 aromatic carbocycles. The van der Waals surface area contributed by atoms with Crippen LogP contribution >= 0.6 is 0 Å². The third-order valence-corrected chi connectivity index (χ3v) is 2.56. The Morgan fingerprint density at radius 2 is 1.00 bits per heavy atom. The number of hydrogen-bond acceptors (Lipinski definition) is 0. The van der Waals surface area contributed by atoms with Gasteiger partial charge in [0.1, 0.15) is 0 Å². The fraction of sp³-hybridized carbons (Fsp3) is 1.00. The fourth-order valence-corrected chi connectivity index (χ4v) is 0.750. The Hall–Kier alpha value is 0. The highest BCUT2D eigenvalue weighted by Gasteiger charge is 2.15. The summed E-state index contributed by atoms with van der Waals surface area (Å²) in [4.78, 5) is 0. The average molecular weight is 160 g/mol. The molecular formula is C11H28. The molecule has 0 radical (unpaired) electrons. The molecule has 72 valence electrons. The lowest BCUT2D eigenvalue weighted by molar-refractivity contribution is 0.286. The Kier molecular flexibility index (Phi) is 15.6. The van der Waals surface area contributed by atoms with Gasteiger partial charge in [-0.2, -0.15) is 0 Å². The van der Waals surface area contributed by atoms with E-state index in [1.165, 1.54) is 19.3 Å². The molecule has 0 fully saturated rings. The van der Waals surface area contributed by atoms with Crippen LogP contribution in [0.3, 0.4) is 0 Å². The Balaban J connectivity index is -0.000000196. The van der Waals surface area contributed by atoms with Crippen LogP contribution in [0.15, 0.2) is 0 Å². The van der Waals surface area contributed by atoms with E-state index in [4.69, 9.17) is 0 Å². The van der Waals surface area contributed by atoms with E-state index in [-0.39, 0.29) is 7.43 Å². The average Bonchev–Trinajstić information content (AvgIpc) is 2.07. The summed E-state index contributed by atoms with van der Waals surface area (Å²) in [6.45, 7) is 13.2. The van der Waals surface area contributed by atoms with Crippen LogP contribution < -0.4 is 0 Å². The molecule has 0 N–H and O–H groups in total. The van der Waals surface area contributed by atoms with Gasteiger partial charge in [0.2, 0.25) is 0 Å². The zero-order valence-electron chi connectivity index (χ0n) is 8.62. The van der Waals surface area contributed by atoms with E-state index in [9.17, 15) is 0 Å². The molecule has 0 aromatic heterocycles. The lowest BCUT2D eigenvalue weighted by Gasteiger charge is -2.23. The van der Waals surface area contributed by atoms with Gasteiger partial charge in [0.05, 0.1) is 0 Å². The van der Waals surface area contributed by atoms with Crippen molar-refractivity contribution < 1.29 is 0 Å². The maximum Gasteiger partial charge on any atom is -0.0334 e.